The number of para-hydroxylation sites is 1. The predicted molar refractivity (Wildman–Crippen MR) is 111 cm³/mol. The summed E-state index contributed by atoms with van der Waals surface area (Å²) in [5.41, 5.74) is 2.72. The van der Waals surface area contributed by atoms with Crippen molar-refractivity contribution in [2.45, 2.75) is 19.8 Å². The van der Waals surface area contributed by atoms with Crippen LogP contribution in [0.3, 0.4) is 0 Å². The van der Waals surface area contributed by atoms with E-state index >= 15 is 0 Å². The number of methoxy groups -OCH3 is 3. The van der Waals surface area contributed by atoms with E-state index in [2.05, 4.69) is 0 Å². The molecule has 29 heavy (non-hydrogen) atoms. The molecule has 0 unspecified atom stereocenters. The smallest absolute Gasteiger partial charge is 0.228 e. The number of hydrogen-bond donors (Lipinski definition) is 0. The van der Waals surface area contributed by atoms with E-state index in [1.54, 1.807) is 21.9 Å². The predicted octanol–water partition coefficient (Wildman–Crippen LogP) is 3.04. The number of anilines is 2. The van der Waals surface area contributed by atoms with Crippen LogP contribution in [0.2, 0.25) is 0 Å². The van der Waals surface area contributed by atoms with Crippen molar-refractivity contribution in [2.75, 3.05) is 44.2 Å². The third-order valence-corrected chi connectivity index (χ3v) is 5.08. The van der Waals surface area contributed by atoms with Crippen LogP contribution in [0.1, 0.15) is 18.9 Å². The first-order chi connectivity index (χ1) is 14.0. The molecule has 7 nitrogen and oxygen atoms in total. The largest absolute Gasteiger partial charge is 0.493 e. The molecule has 7 heteroatoms. The van der Waals surface area contributed by atoms with Gasteiger partial charge in [-0.05, 0) is 18.1 Å². The maximum Gasteiger partial charge on any atom is 0.228 e. The van der Waals surface area contributed by atoms with Crippen molar-refractivity contribution in [3.8, 4) is 17.2 Å². The highest BCUT2D eigenvalue weighted by Crippen LogP contribution is 2.41. The number of carbonyl (C=O) groups excluding carboxylic acids is 2. The van der Waals surface area contributed by atoms with E-state index in [0.717, 1.165) is 12.1 Å². The van der Waals surface area contributed by atoms with Gasteiger partial charge in [0.1, 0.15) is 0 Å². The highest BCUT2D eigenvalue weighted by atomic mass is 16.5. The van der Waals surface area contributed by atoms with Crippen LogP contribution in [-0.2, 0) is 16.0 Å². The van der Waals surface area contributed by atoms with Crippen molar-refractivity contribution in [2.24, 2.45) is 0 Å². The van der Waals surface area contributed by atoms with Gasteiger partial charge >= 0.3 is 0 Å². The number of nitrogens with zero attached hydrogens (tertiary/aromatic N) is 2. The van der Waals surface area contributed by atoms with Crippen molar-refractivity contribution in [3.63, 3.8) is 0 Å². The zero-order chi connectivity index (χ0) is 21.0. The first kappa shape index (κ1) is 20.5. The van der Waals surface area contributed by atoms with Gasteiger partial charge in [0.15, 0.2) is 11.5 Å². The second kappa shape index (κ2) is 8.86. The number of carbonyl (C=O) groups is 2. The summed E-state index contributed by atoms with van der Waals surface area (Å²) in [6, 6.07) is 11.3. The normalized spacial score (nSPS) is 12.3. The van der Waals surface area contributed by atoms with Crippen LogP contribution in [0.25, 0.3) is 0 Å². The molecule has 0 atom stereocenters. The van der Waals surface area contributed by atoms with Gasteiger partial charge in [0, 0.05) is 44.3 Å². The third kappa shape index (κ3) is 4.13. The molecule has 0 saturated carbocycles. The number of ether oxygens (including phenoxy) is 3. The highest BCUT2D eigenvalue weighted by molar-refractivity contribution is 5.97. The van der Waals surface area contributed by atoms with E-state index in [0.29, 0.717) is 29.5 Å². The Kier molecular flexibility index (Phi) is 6.26. The average molecular weight is 398 g/mol. The Morgan fingerprint density at radius 2 is 1.69 bits per heavy atom. The minimum atomic E-state index is -0.172. The molecule has 0 fully saturated rings. The molecule has 2 amide bonds. The number of rotatable bonds is 7. The van der Waals surface area contributed by atoms with Crippen molar-refractivity contribution >= 4 is 23.2 Å². The molecule has 0 saturated heterocycles. The molecule has 3 rings (SSSR count). The first-order valence-electron chi connectivity index (χ1n) is 9.46. The molecular formula is C22H26N2O5. The standard InChI is InChI=1S/C22H26N2O5/c1-15(25)23(17-13-19(27-2)22(29-4)20(14-17)28-3)12-10-21(26)24-11-9-16-7-5-6-8-18(16)24/h5-8,13-14H,9-12H2,1-4H3. The van der Waals surface area contributed by atoms with Gasteiger partial charge in [-0.2, -0.15) is 0 Å². The highest BCUT2D eigenvalue weighted by Gasteiger charge is 2.25. The fourth-order valence-corrected chi connectivity index (χ4v) is 3.63. The Balaban J connectivity index is 1.79. The summed E-state index contributed by atoms with van der Waals surface area (Å²) in [6.45, 7) is 2.40. The van der Waals surface area contributed by atoms with E-state index < -0.39 is 0 Å². The minimum Gasteiger partial charge on any atom is -0.493 e. The fourth-order valence-electron chi connectivity index (χ4n) is 3.63. The van der Waals surface area contributed by atoms with Gasteiger partial charge in [-0.1, -0.05) is 18.2 Å². The molecule has 1 aliphatic rings. The van der Waals surface area contributed by atoms with Crippen LogP contribution in [0.15, 0.2) is 36.4 Å². The van der Waals surface area contributed by atoms with E-state index in [1.807, 2.05) is 24.3 Å². The third-order valence-electron chi connectivity index (χ3n) is 5.08. The van der Waals surface area contributed by atoms with Crippen LogP contribution >= 0.6 is 0 Å². The van der Waals surface area contributed by atoms with Crippen LogP contribution in [0, 0.1) is 0 Å². The second-order valence-electron chi connectivity index (χ2n) is 6.73. The molecule has 0 radical (unpaired) electrons. The number of fused-ring (bicyclic) bond motifs is 1. The van der Waals surface area contributed by atoms with E-state index in [4.69, 9.17) is 14.2 Å². The summed E-state index contributed by atoms with van der Waals surface area (Å²) in [4.78, 5) is 28.5. The lowest BCUT2D eigenvalue weighted by Gasteiger charge is -2.25. The molecule has 2 aromatic rings. The van der Waals surface area contributed by atoms with Crippen LogP contribution in [0.5, 0.6) is 17.2 Å². The first-order valence-corrected chi connectivity index (χ1v) is 9.46. The Hall–Kier alpha value is -3.22. The molecule has 0 aliphatic carbocycles. The van der Waals surface area contributed by atoms with Crippen molar-refractivity contribution in [1.82, 2.24) is 0 Å². The number of benzene rings is 2. The monoisotopic (exact) mass is 398 g/mol. The second-order valence-corrected chi connectivity index (χ2v) is 6.73. The topological polar surface area (TPSA) is 68.3 Å². The van der Waals surface area contributed by atoms with Gasteiger partial charge in [0.2, 0.25) is 17.6 Å². The van der Waals surface area contributed by atoms with Crippen LogP contribution in [0.4, 0.5) is 11.4 Å². The SMILES string of the molecule is COc1cc(N(CCC(=O)N2CCc3ccccc32)C(C)=O)cc(OC)c1OC. The average Bonchev–Trinajstić information content (AvgIpc) is 3.16. The summed E-state index contributed by atoms with van der Waals surface area (Å²) in [7, 11) is 4.57. The van der Waals surface area contributed by atoms with E-state index in [1.165, 1.54) is 33.8 Å². The van der Waals surface area contributed by atoms with Gasteiger partial charge < -0.3 is 24.0 Å². The van der Waals surface area contributed by atoms with Gasteiger partial charge in [-0.3, -0.25) is 9.59 Å². The summed E-state index contributed by atoms with van der Waals surface area (Å²) < 4.78 is 16.1. The van der Waals surface area contributed by atoms with Crippen molar-refractivity contribution in [3.05, 3.63) is 42.0 Å². The Morgan fingerprint density at radius 3 is 2.28 bits per heavy atom. The summed E-state index contributed by atoms with van der Waals surface area (Å²) >= 11 is 0. The van der Waals surface area contributed by atoms with Crippen molar-refractivity contribution in [1.29, 1.82) is 0 Å². The lowest BCUT2D eigenvalue weighted by molar-refractivity contribution is -0.118. The van der Waals surface area contributed by atoms with Gasteiger partial charge in [0.05, 0.1) is 27.0 Å². The zero-order valence-electron chi connectivity index (χ0n) is 17.2. The maximum absolute atomic E-state index is 12.8. The number of amides is 2. The van der Waals surface area contributed by atoms with Gasteiger partial charge in [-0.15, -0.1) is 0 Å². The molecule has 0 bridgehead atoms. The van der Waals surface area contributed by atoms with Crippen LogP contribution in [-0.4, -0.2) is 46.2 Å². The molecule has 1 heterocycles. The molecule has 0 spiro atoms. The maximum atomic E-state index is 12.8. The van der Waals surface area contributed by atoms with Gasteiger partial charge in [-0.25, -0.2) is 0 Å². The molecular weight excluding hydrogens is 372 g/mol. The molecule has 2 aromatic carbocycles. The van der Waals surface area contributed by atoms with Gasteiger partial charge in [0.25, 0.3) is 0 Å². The zero-order valence-corrected chi connectivity index (χ0v) is 17.2. The summed E-state index contributed by atoms with van der Waals surface area (Å²) in [5, 5.41) is 0. The molecule has 0 aromatic heterocycles. The van der Waals surface area contributed by atoms with E-state index in [9.17, 15) is 9.59 Å². The Morgan fingerprint density at radius 1 is 1.03 bits per heavy atom. The summed E-state index contributed by atoms with van der Waals surface area (Å²) in [5.74, 6) is 1.18. The fraction of sp³-hybridized carbons (Fsp3) is 0.364. The van der Waals surface area contributed by atoms with Crippen LogP contribution < -0.4 is 24.0 Å². The lowest BCUT2D eigenvalue weighted by atomic mass is 10.2. The van der Waals surface area contributed by atoms with Crippen molar-refractivity contribution < 1.29 is 23.8 Å². The minimum absolute atomic E-state index is 0.00589. The number of hydrogen-bond acceptors (Lipinski definition) is 5. The van der Waals surface area contributed by atoms with E-state index in [-0.39, 0.29) is 24.8 Å². The molecule has 0 N–H and O–H groups in total. The quantitative estimate of drug-likeness (QED) is 0.717. The Labute approximate surface area is 170 Å². The molecule has 1 aliphatic heterocycles. The lowest BCUT2D eigenvalue weighted by Crippen LogP contribution is -2.35. The Bertz CT molecular complexity index is 887. The summed E-state index contributed by atoms with van der Waals surface area (Å²) in [6.07, 6.45) is 1.07. The molecule has 154 valence electrons.